The molecule has 1 amide bonds. The average Bonchev–Trinajstić information content (AvgIpc) is 2.97. The quantitative estimate of drug-likeness (QED) is 0.649. The lowest BCUT2D eigenvalue weighted by Crippen LogP contribution is -2.23. The van der Waals surface area contributed by atoms with E-state index in [0.717, 1.165) is 5.69 Å². The topological polar surface area (TPSA) is 97.2 Å². The number of rotatable bonds is 5. The van der Waals surface area contributed by atoms with Crippen LogP contribution in [-0.2, 0) is 6.54 Å². The molecule has 1 aromatic heterocycles. The summed E-state index contributed by atoms with van der Waals surface area (Å²) in [5.74, 6) is -0.301. The molecule has 0 saturated heterocycles. The lowest BCUT2D eigenvalue weighted by Gasteiger charge is -2.06. The van der Waals surface area contributed by atoms with E-state index >= 15 is 0 Å². The number of nitrogens with zero attached hydrogens (tertiary/aromatic N) is 2. The zero-order chi connectivity index (χ0) is 14.5. The Labute approximate surface area is 118 Å². The Balaban J connectivity index is 2.12. The molecule has 0 fully saturated rings. The van der Waals surface area contributed by atoms with Crippen LogP contribution >= 0.6 is 11.3 Å². The van der Waals surface area contributed by atoms with E-state index in [9.17, 15) is 14.9 Å². The van der Waals surface area contributed by atoms with Crippen molar-refractivity contribution in [3.05, 3.63) is 50.5 Å². The maximum absolute atomic E-state index is 12.0. The maximum Gasteiger partial charge on any atom is 0.292 e. The zero-order valence-corrected chi connectivity index (χ0v) is 11.4. The summed E-state index contributed by atoms with van der Waals surface area (Å²) in [4.78, 5) is 26.3. The van der Waals surface area contributed by atoms with Gasteiger partial charge in [-0.15, -0.1) is 11.3 Å². The molecule has 2 N–H and O–H groups in total. The molecule has 0 unspecified atom stereocenters. The standard InChI is InChI=1S/C12H12N4O3S/c1-13-10-4-8(2-3-11(10)16(18)19)12(17)14-5-9-6-20-7-15-9/h2-4,6-7,13H,5H2,1H3,(H,14,17). The van der Waals surface area contributed by atoms with Crippen LogP contribution in [0.3, 0.4) is 0 Å². The van der Waals surface area contributed by atoms with Crippen LogP contribution in [0, 0.1) is 10.1 Å². The largest absolute Gasteiger partial charge is 0.383 e. The van der Waals surface area contributed by atoms with Crippen LogP contribution in [-0.4, -0.2) is 22.9 Å². The first kappa shape index (κ1) is 13.9. The molecule has 7 nitrogen and oxygen atoms in total. The SMILES string of the molecule is CNc1cc(C(=O)NCc2cscn2)ccc1[N+](=O)[O-]. The third-order valence-corrected chi connectivity index (χ3v) is 3.27. The summed E-state index contributed by atoms with van der Waals surface area (Å²) < 4.78 is 0. The molecule has 0 radical (unpaired) electrons. The van der Waals surface area contributed by atoms with E-state index in [1.54, 1.807) is 12.6 Å². The molecule has 0 bridgehead atoms. The molecule has 0 aliphatic heterocycles. The lowest BCUT2D eigenvalue weighted by atomic mass is 10.1. The Bertz CT molecular complexity index is 628. The van der Waals surface area contributed by atoms with E-state index in [1.807, 2.05) is 5.38 Å². The number of benzene rings is 1. The monoisotopic (exact) mass is 292 g/mol. The normalized spacial score (nSPS) is 10.1. The van der Waals surface area contributed by atoms with Crippen molar-refractivity contribution >= 4 is 28.6 Å². The first-order valence-corrected chi connectivity index (χ1v) is 6.67. The number of nitro groups is 1. The number of aromatic nitrogens is 1. The summed E-state index contributed by atoms with van der Waals surface area (Å²) >= 11 is 1.45. The van der Waals surface area contributed by atoms with Gasteiger partial charge in [0.1, 0.15) is 5.69 Å². The minimum atomic E-state index is -0.497. The van der Waals surface area contributed by atoms with Gasteiger partial charge in [-0.2, -0.15) is 0 Å². The number of carbonyl (C=O) groups is 1. The van der Waals surface area contributed by atoms with E-state index in [4.69, 9.17) is 0 Å². The van der Waals surface area contributed by atoms with Crippen molar-refractivity contribution in [2.24, 2.45) is 0 Å². The van der Waals surface area contributed by atoms with Crippen LogP contribution < -0.4 is 10.6 Å². The molecule has 0 saturated carbocycles. The molecular formula is C12H12N4O3S. The zero-order valence-electron chi connectivity index (χ0n) is 10.6. The van der Waals surface area contributed by atoms with Gasteiger partial charge in [0, 0.05) is 24.1 Å². The Kier molecular flexibility index (Phi) is 4.26. The summed E-state index contributed by atoms with van der Waals surface area (Å²) in [7, 11) is 1.57. The Morgan fingerprint density at radius 1 is 1.50 bits per heavy atom. The number of amides is 1. The van der Waals surface area contributed by atoms with Gasteiger partial charge in [0.15, 0.2) is 0 Å². The smallest absolute Gasteiger partial charge is 0.292 e. The van der Waals surface area contributed by atoms with Crippen molar-refractivity contribution in [3.8, 4) is 0 Å². The first-order chi connectivity index (χ1) is 9.61. The molecule has 1 aromatic carbocycles. The lowest BCUT2D eigenvalue weighted by molar-refractivity contribution is -0.383. The van der Waals surface area contributed by atoms with Gasteiger partial charge in [0.25, 0.3) is 11.6 Å². The predicted octanol–water partition coefficient (Wildman–Crippen LogP) is 2.02. The first-order valence-electron chi connectivity index (χ1n) is 5.73. The van der Waals surface area contributed by atoms with Crippen LogP contribution in [0.5, 0.6) is 0 Å². The molecule has 0 spiro atoms. The van der Waals surface area contributed by atoms with Gasteiger partial charge < -0.3 is 10.6 Å². The highest BCUT2D eigenvalue weighted by molar-refractivity contribution is 7.07. The molecule has 8 heteroatoms. The summed E-state index contributed by atoms with van der Waals surface area (Å²) in [5, 5.41) is 18.1. The number of carbonyl (C=O) groups excluding carboxylic acids is 1. The van der Waals surface area contributed by atoms with Crippen molar-refractivity contribution < 1.29 is 9.72 Å². The van der Waals surface area contributed by atoms with Gasteiger partial charge in [-0.3, -0.25) is 14.9 Å². The molecule has 2 aromatic rings. The minimum Gasteiger partial charge on any atom is -0.383 e. The van der Waals surface area contributed by atoms with E-state index in [-0.39, 0.29) is 11.6 Å². The van der Waals surface area contributed by atoms with Crippen LogP contribution in [0.15, 0.2) is 29.1 Å². The van der Waals surface area contributed by atoms with Crippen LogP contribution in [0.4, 0.5) is 11.4 Å². The highest BCUT2D eigenvalue weighted by atomic mass is 32.1. The second kappa shape index (κ2) is 6.11. The molecule has 1 heterocycles. The summed E-state index contributed by atoms with van der Waals surface area (Å²) in [5.41, 5.74) is 3.06. The fourth-order valence-corrected chi connectivity index (χ4v) is 2.19. The number of nitro benzene ring substituents is 1. The number of hydrogen-bond donors (Lipinski definition) is 2. The molecular weight excluding hydrogens is 280 g/mol. The van der Waals surface area contributed by atoms with Crippen molar-refractivity contribution in [1.82, 2.24) is 10.3 Å². The number of hydrogen-bond acceptors (Lipinski definition) is 6. The van der Waals surface area contributed by atoms with Crippen LogP contribution in [0.1, 0.15) is 16.1 Å². The molecule has 0 aliphatic rings. The number of anilines is 1. The highest BCUT2D eigenvalue weighted by Gasteiger charge is 2.15. The fourth-order valence-electron chi connectivity index (χ4n) is 1.63. The van der Waals surface area contributed by atoms with Crippen LogP contribution in [0.2, 0.25) is 0 Å². The third-order valence-electron chi connectivity index (χ3n) is 2.64. The Morgan fingerprint density at radius 2 is 2.30 bits per heavy atom. The van der Waals surface area contributed by atoms with E-state index < -0.39 is 4.92 Å². The average molecular weight is 292 g/mol. The van der Waals surface area contributed by atoms with Crippen molar-refractivity contribution in [1.29, 1.82) is 0 Å². The number of thiazole rings is 1. The summed E-state index contributed by atoms with van der Waals surface area (Å²) in [6.45, 7) is 0.328. The van der Waals surface area contributed by atoms with Crippen molar-refractivity contribution in [3.63, 3.8) is 0 Å². The van der Waals surface area contributed by atoms with E-state index in [1.165, 1.54) is 29.5 Å². The van der Waals surface area contributed by atoms with Gasteiger partial charge in [0.05, 0.1) is 22.7 Å². The molecule has 2 rings (SSSR count). The molecule has 0 atom stereocenters. The fraction of sp³-hybridized carbons (Fsp3) is 0.167. The summed E-state index contributed by atoms with van der Waals surface area (Å²) in [6.07, 6.45) is 0. The number of nitrogens with one attached hydrogen (secondary N) is 2. The Morgan fingerprint density at radius 3 is 2.90 bits per heavy atom. The van der Waals surface area contributed by atoms with Gasteiger partial charge in [-0.05, 0) is 12.1 Å². The maximum atomic E-state index is 12.0. The van der Waals surface area contributed by atoms with Crippen LogP contribution in [0.25, 0.3) is 0 Å². The van der Waals surface area contributed by atoms with Crippen molar-refractivity contribution in [2.75, 3.05) is 12.4 Å². The minimum absolute atomic E-state index is 0.0662. The second-order valence-corrected chi connectivity index (χ2v) is 4.62. The van der Waals surface area contributed by atoms with Gasteiger partial charge in [-0.25, -0.2) is 4.98 Å². The van der Waals surface area contributed by atoms with Gasteiger partial charge >= 0.3 is 0 Å². The second-order valence-electron chi connectivity index (χ2n) is 3.90. The molecule has 20 heavy (non-hydrogen) atoms. The van der Waals surface area contributed by atoms with Gasteiger partial charge in [-0.1, -0.05) is 0 Å². The Hall–Kier alpha value is -2.48. The highest BCUT2D eigenvalue weighted by Crippen LogP contribution is 2.24. The molecule has 104 valence electrons. The van der Waals surface area contributed by atoms with Crippen molar-refractivity contribution in [2.45, 2.75) is 6.54 Å². The van der Waals surface area contributed by atoms with Gasteiger partial charge in [0.2, 0.25) is 0 Å². The van der Waals surface area contributed by atoms with E-state index in [2.05, 4.69) is 15.6 Å². The van der Waals surface area contributed by atoms with E-state index in [0.29, 0.717) is 17.8 Å². The third kappa shape index (κ3) is 3.09. The summed E-state index contributed by atoms with van der Waals surface area (Å²) in [6, 6.07) is 4.19. The molecule has 0 aliphatic carbocycles. The predicted molar refractivity (Wildman–Crippen MR) is 75.9 cm³/mol.